The fraction of sp³-hybridized carbons (Fsp3) is 0.133. The number of carbonyl (C=O) groups is 4. The largest absolute Gasteiger partial charge is 0.354 e. The van der Waals surface area contributed by atoms with Crippen molar-refractivity contribution in [3.05, 3.63) is 70.8 Å². The second-order valence-electron chi connectivity index (χ2n) is 9.80. The Morgan fingerprint density at radius 1 is 0.526 bits per heavy atom. The molecule has 0 spiro atoms. The second kappa shape index (κ2) is 6.86. The van der Waals surface area contributed by atoms with Gasteiger partial charge in [0.25, 0.3) is 23.6 Å². The van der Waals surface area contributed by atoms with Crippen molar-refractivity contribution >= 4 is 78.0 Å². The number of hydrogen-bond acceptors (Lipinski definition) is 4. The Balaban J connectivity index is 1.79. The maximum atomic E-state index is 14.0. The van der Waals surface area contributed by atoms with Gasteiger partial charge in [0.1, 0.15) is 0 Å². The first-order valence-electron chi connectivity index (χ1n) is 12.7. The van der Waals surface area contributed by atoms with Crippen LogP contribution in [0, 0.1) is 0 Å². The summed E-state index contributed by atoms with van der Waals surface area (Å²) in [5.41, 5.74) is 3.90. The molecule has 8 heteroatoms. The Morgan fingerprint density at radius 2 is 0.895 bits per heavy atom. The summed E-state index contributed by atoms with van der Waals surface area (Å²) >= 11 is 0. The van der Waals surface area contributed by atoms with E-state index in [4.69, 9.17) is 0 Å². The van der Waals surface area contributed by atoms with Crippen LogP contribution in [0.3, 0.4) is 0 Å². The maximum absolute atomic E-state index is 14.0. The number of aromatic nitrogens is 2. The third-order valence-corrected chi connectivity index (χ3v) is 8.13. The highest BCUT2D eigenvalue weighted by Gasteiger charge is 2.44. The number of nitrogens with one attached hydrogen (secondary N) is 2. The van der Waals surface area contributed by atoms with Crippen molar-refractivity contribution in [1.29, 1.82) is 0 Å². The predicted octanol–water partition coefficient (Wildman–Crippen LogP) is 5.34. The monoisotopic (exact) mass is 500 g/mol. The molecule has 2 aromatic heterocycles. The number of hydrogen-bond donors (Lipinski definition) is 2. The van der Waals surface area contributed by atoms with Gasteiger partial charge in [0.2, 0.25) is 0 Å². The molecule has 2 N–H and O–H groups in total. The summed E-state index contributed by atoms with van der Waals surface area (Å²) < 4.78 is 0. The van der Waals surface area contributed by atoms with Crippen molar-refractivity contribution in [2.24, 2.45) is 0 Å². The van der Waals surface area contributed by atoms with E-state index in [9.17, 15) is 19.2 Å². The topological polar surface area (TPSA) is 106 Å². The van der Waals surface area contributed by atoms with E-state index >= 15 is 0 Å². The number of rotatable bonds is 2. The SMILES string of the molecule is CCN1C(=O)c2c3[nH]c4ccccc4c3c3c4c(c5[nH]c6ccccc6c5c(c24)C1=O)C(=O)N(CC)C3=O. The summed E-state index contributed by atoms with van der Waals surface area (Å²) in [6.45, 7) is 3.92. The Bertz CT molecular complexity index is 2000. The molecule has 4 amide bonds. The molecule has 2 aliphatic rings. The van der Waals surface area contributed by atoms with E-state index in [1.807, 2.05) is 48.5 Å². The van der Waals surface area contributed by atoms with E-state index in [-0.39, 0.29) is 13.1 Å². The molecule has 0 unspecified atom stereocenters. The summed E-state index contributed by atoms with van der Waals surface area (Å²) in [4.78, 5) is 65.3. The van der Waals surface area contributed by atoms with Gasteiger partial charge in [-0.15, -0.1) is 0 Å². The van der Waals surface area contributed by atoms with Gasteiger partial charge in [-0.25, -0.2) is 0 Å². The smallest absolute Gasteiger partial charge is 0.263 e. The second-order valence-corrected chi connectivity index (χ2v) is 9.80. The van der Waals surface area contributed by atoms with Crippen LogP contribution in [-0.4, -0.2) is 56.5 Å². The van der Waals surface area contributed by atoms with Crippen LogP contribution in [-0.2, 0) is 0 Å². The van der Waals surface area contributed by atoms with Crippen LogP contribution in [0.4, 0.5) is 0 Å². The fourth-order valence-electron chi connectivity index (χ4n) is 6.58. The zero-order valence-electron chi connectivity index (χ0n) is 20.6. The highest BCUT2D eigenvalue weighted by Crippen LogP contribution is 2.49. The quantitative estimate of drug-likeness (QED) is 0.313. The molecule has 0 radical (unpaired) electrons. The van der Waals surface area contributed by atoms with Gasteiger partial charge < -0.3 is 9.97 Å². The number of H-pyrrole nitrogens is 2. The van der Waals surface area contributed by atoms with E-state index in [2.05, 4.69) is 9.97 Å². The minimum atomic E-state index is -0.434. The molecule has 4 heterocycles. The standard InChI is InChI=1S/C30H20N4O4/c1-3-33-27(35)21-17-13-9-5-7-11-15(13)32-26(17)24-20-19(21)23(29(33)37)25-18(14-10-6-8-12-16(14)31-25)22(20)28(36)34(4-2)30(24)38/h5-12,31-32H,3-4H2,1-2H3. The van der Waals surface area contributed by atoms with Gasteiger partial charge in [-0.05, 0) is 26.0 Å². The fourth-order valence-corrected chi connectivity index (χ4v) is 6.58. The van der Waals surface area contributed by atoms with Crippen molar-refractivity contribution < 1.29 is 19.2 Å². The predicted molar refractivity (Wildman–Crippen MR) is 145 cm³/mol. The first-order valence-corrected chi connectivity index (χ1v) is 12.7. The van der Waals surface area contributed by atoms with Crippen LogP contribution >= 0.6 is 0 Å². The third-order valence-electron chi connectivity index (χ3n) is 8.13. The number of fused-ring (bicyclic) bond motifs is 10. The lowest BCUT2D eigenvalue weighted by molar-refractivity contribution is 0.0601. The summed E-state index contributed by atoms with van der Waals surface area (Å²) in [5, 5.41) is 3.52. The molecule has 0 aliphatic carbocycles. The highest BCUT2D eigenvalue weighted by atomic mass is 16.2. The van der Waals surface area contributed by atoms with Crippen LogP contribution in [0.5, 0.6) is 0 Å². The lowest BCUT2D eigenvalue weighted by Gasteiger charge is -2.32. The van der Waals surface area contributed by atoms with E-state index < -0.39 is 23.6 Å². The minimum absolute atomic E-state index is 0.190. The minimum Gasteiger partial charge on any atom is -0.354 e. The van der Waals surface area contributed by atoms with Gasteiger partial charge in [0, 0.05) is 56.4 Å². The molecule has 4 aromatic carbocycles. The lowest BCUT2D eigenvalue weighted by Crippen LogP contribution is -2.43. The number of aromatic amines is 2. The van der Waals surface area contributed by atoms with Gasteiger partial charge >= 0.3 is 0 Å². The molecule has 0 saturated carbocycles. The van der Waals surface area contributed by atoms with Crippen molar-refractivity contribution in [3.63, 3.8) is 0 Å². The van der Waals surface area contributed by atoms with Crippen LogP contribution in [0.15, 0.2) is 48.5 Å². The molecule has 8 rings (SSSR count). The van der Waals surface area contributed by atoms with E-state index in [0.29, 0.717) is 54.8 Å². The average molecular weight is 501 g/mol. The van der Waals surface area contributed by atoms with Gasteiger partial charge in [-0.2, -0.15) is 0 Å². The van der Waals surface area contributed by atoms with Gasteiger partial charge in [-0.3, -0.25) is 29.0 Å². The molecule has 38 heavy (non-hydrogen) atoms. The number of amides is 4. The van der Waals surface area contributed by atoms with Crippen LogP contribution in [0.2, 0.25) is 0 Å². The van der Waals surface area contributed by atoms with Crippen molar-refractivity contribution in [1.82, 2.24) is 19.8 Å². The molecule has 0 atom stereocenters. The molecule has 0 fully saturated rings. The molecular weight excluding hydrogens is 480 g/mol. The number of carbonyl (C=O) groups excluding carboxylic acids is 4. The highest BCUT2D eigenvalue weighted by molar-refractivity contribution is 6.45. The summed E-state index contributed by atoms with van der Waals surface area (Å²) in [7, 11) is 0. The first kappa shape index (κ1) is 21.1. The molecule has 8 nitrogen and oxygen atoms in total. The first-order chi connectivity index (χ1) is 18.5. The average Bonchev–Trinajstić information content (AvgIpc) is 3.49. The number of nitrogens with zero attached hydrogens (tertiary/aromatic N) is 2. The van der Waals surface area contributed by atoms with Crippen molar-refractivity contribution in [2.45, 2.75) is 13.8 Å². The normalized spacial score (nSPS) is 15.4. The Kier molecular flexibility index (Phi) is 3.82. The van der Waals surface area contributed by atoms with E-state index in [1.165, 1.54) is 9.80 Å². The lowest BCUT2D eigenvalue weighted by atomic mass is 9.81. The molecule has 184 valence electrons. The molecule has 0 bridgehead atoms. The number of para-hydroxylation sites is 2. The molecule has 6 aromatic rings. The summed E-state index contributed by atoms with van der Waals surface area (Å²) in [6.07, 6.45) is 0. The number of imide groups is 2. The maximum Gasteiger partial charge on any atom is 0.263 e. The van der Waals surface area contributed by atoms with Crippen LogP contribution in [0.1, 0.15) is 55.3 Å². The van der Waals surface area contributed by atoms with Gasteiger partial charge in [0.05, 0.1) is 33.3 Å². The summed E-state index contributed by atoms with van der Waals surface area (Å²) in [6, 6.07) is 15.1. The Morgan fingerprint density at radius 3 is 1.29 bits per heavy atom. The molecule has 2 aliphatic heterocycles. The Hall–Kier alpha value is -4.98. The molecular formula is C30H20N4O4. The van der Waals surface area contributed by atoms with Gasteiger partial charge in [0.15, 0.2) is 0 Å². The van der Waals surface area contributed by atoms with Gasteiger partial charge in [-0.1, -0.05) is 36.4 Å². The van der Waals surface area contributed by atoms with Crippen molar-refractivity contribution in [2.75, 3.05) is 13.1 Å². The zero-order chi connectivity index (χ0) is 26.0. The number of benzene rings is 4. The van der Waals surface area contributed by atoms with E-state index in [0.717, 1.165) is 21.8 Å². The Labute approximate surface area is 214 Å². The van der Waals surface area contributed by atoms with E-state index in [1.54, 1.807) is 13.8 Å². The summed E-state index contributed by atoms with van der Waals surface area (Å²) in [5.74, 6) is -1.72. The van der Waals surface area contributed by atoms with Crippen molar-refractivity contribution in [3.8, 4) is 0 Å². The third kappa shape index (κ3) is 2.19. The van der Waals surface area contributed by atoms with Crippen LogP contribution < -0.4 is 0 Å². The van der Waals surface area contributed by atoms with Crippen LogP contribution in [0.25, 0.3) is 54.4 Å². The zero-order valence-corrected chi connectivity index (χ0v) is 20.6. The molecule has 0 saturated heterocycles.